The molecule has 0 atom stereocenters. The summed E-state index contributed by atoms with van der Waals surface area (Å²) in [6.45, 7) is 6.62. The van der Waals surface area contributed by atoms with Gasteiger partial charge in [-0.2, -0.15) is 5.10 Å². The summed E-state index contributed by atoms with van der Waals surface area (Å²) in [6, 6.07) is 8.60. The van der Waals surface area contributed by atoms with E-state index in [1.54, 1.807) is 12.4 Å². The molecule has 0 unspecified atom stereocenters. The molecule has 136 valence electrons. The van der Waals surface area contributed by atoms with Gasteiger partial charge < -0.3 is 10.7 Å². The van der Waals surface area contributed by atoms with E-state index in [2.05, 4.69) is 70.6 Å². The molecule has 0 saturated heterocycles. The second-order valence-electron chi connectivity index (χ2n) is 7.29. The number of benzene rings is 1. The van der Waals surface area contributed by atoms with Crippen molar-refractivity contribution in [3.05, 3.63) is 47.8 Å². The number of H-pyrrole nitrogens is 1. The Kier molecular flexibility index (Phi) is 4.90. The summed E-state index contributed by atoms with van der Waals surface area (Å²) in [5.41, 5.74) is 14.3. The lowest BCUT2D eigenvalue weighted by molar-refractivity contribution is 0.590. The van der Waals surface area contributed by atoms with Crippen molar-refractivity contribution in [2.45, 2.75) is 39.0 Å². The van der Waals surface area contributed by atoms with Gasteiger partial charge in [-0.1, -0.05) is 45.0 Å². The zero-order chi connectivity index (χ0) is 18.7. The average molecular weight is 351 g/mol. The van der Waals surface area contributed by atoms with Gasteiger partial charge in [0, 0.05) is 24.4 Å². The Labute approximate surface area is 152 Å². The fraction of sp³-hybridized carbons (Fsp3) is 0.316. The molecule has 0 fully saturated rings. The van der Waals surface area contributed by atoms with E-state index in [1.807, 2.05) is 0 Å². The van der Waals surface area contributed by atoms with Crippen molar-refractivity contribution in [2.24, 2.45) is 16.7 Å². The maximum atomic E-state index is 5.86. The maximum Gasteiger partial charge on any atom is 0.156 e. The van der Waals surface area contributed by atoms with Crippen molar-refractivity contribution in [1.82, 2.24) is 20.5 Å². The van der Waals surface area contributed by atoms with Crippen molar-refractivity contribution >= 4 is 17.0 Å². The first-order valence-corrected chi connectivity index (χ1v) is 8.60. The molecule has 0 aliphatic carbocycles. The molecule has 2 aromatic heterocycles. The highest BCUT2D eigenvalue weighted by Gasteiger charge is 2.17. The average Bonchev–Trinajstić information content (AvgIpc) is 2.98. The maximum absolute atomic E-state index is 5.86. The third kappa shape index (κ3) is 3.67. The highest BCUT2D eigenvalue weighted by molar-refractivity contribution is 5.87. The summed E-state index contributed by atoms with van der Waals surface area (Å²) in [7, 11) is 0. The van der Waals surface area contributed by atoms with Crippen LogP contribution >= 0.6 is 0 Å². The van der Waals surface area contributed by atoms with Gasteiger partial charge in [-0.05, 0) is 23.0 Å². The standard InChI is InChI=1S/C19H25N7/c1-19(2,3)13-6-4-12(5-7-13)16-14(8-9-15(20)25-26-21)17-18(24-16)23-11-10-22-17/h4-7,10-11,26H,8-9,21H2,1-3H3,(H2,20,25)(H,23,24). The van der Waals surface area contributed by atoms with E-state index in [9.17, 15) is 0 Å². The van der Waals surface area contributed by atoms with Gasteiger partial charge in [0.25, 0.3) is 0 Å². The van der Waals surface area contributed by atoms with Crippen LogP contribution in [-0.2, 0) is 11.8 Å². The number of rotatable bonds is 5. The molecule has 6 N–H and O–H groups in total. The van der Waals surface area contributed by atoms with Crippen LogP contribution in [0.1, 0.15) is 38.3 Å². The smallest absolute Gasteiger partial charge is 0.156 e. The first-order valence-electron chi connectivity index (χ1n) is 8.60. The van der Waals surface area contributed by atoms with Crippen LogP contribution in [0.5, 0.6) is 0 Å². The molecule has 0 bridgehead atoms. The fourth-order valence-electron chi connectivity index (χ4n) is 2.98. The number of nitrogens with zero attached hydrogens (tertiary/aromatic N) is 3. The van der Waals surface area contributed by atoms with Crippen molar-refractivity contribution < 1.29 is 0 Å². The molecule has 0 spiro atoms. The molecule has 0 amide bonds. The van der Waals surface area contributed by atoms with E-state index in [0.29, 0.717) is 18.7 Å². The molecule has 0 radical (unpaired) electrons. The Bertz CT molecular complexity index is 917. The summed E-state index contributed by atoms with van der Waals surface area (Å²) in [6.07, 6.45) is 4.64. The number of nitrogens with one attached hydrogen (secondary N) is 2. The molecule has 1 aromatic carbocycles. The summed E-state index contributed by atoms with van der Waals surface area (Å²) < 4.78 is 0. The van der Waals surface area contributed by atoms with Crippen LogP contribution in [0.3, 0.4) is 0 Å². The van der Waals surface area contributed by atoms with Crippen LogP contribution < -0.4 is 17.1 Å². The fourth-order valence-corrected chi connectivity index (χ4v) is 2.98. The summed E-state index contributed by atoms with van der Waals surface area (Å²) in [5, 5.41) is 3.82. The highest BCUT2D eigenvalue weighted by Crippen LogP contribution is 2.31. The van der Waals surface area contributed by atoms with Gasteiger partial charge in [-0.3, -0.25) is 4.98 Å². The second-order valence-corrected chi connectivity index (χ2v) is 7.29. The normalized spacial score (nSPS) is 12.5. The molecule has 3 aromatic rings. The Morgan fingerprint density at radius 1 is 1.15 bits per heavy atom. The summed E-state index contributed by atoms with van der Waals surface area (Å²) >= 11 is 0. The monoisotopic (exact) mass is 351 g/mol. The number of amidine groups is 1. The molecular formula is C19H25N7. The predicted octanol–water partition coefficient (Wildman–Crippen LogP) is 2.59. The zero-order valence-electron chi connectivity index (χ0n) is 15.4. The summed E-state index contributed by atoms with van der Waals surface area (Å²) in [4.78, 5) is 12.3. The quantitative estimate of drug-likeness (QED) is 0.244. The molecule has 7 nitrogen and oxygen atoms in total. The third-order valence-corrected chi connectivity index (χ3v) is 4.41. The number of aromatic amines is 1. The number of hydrazine groups is 1. The summed E-state index contributed by atoms with van der Waals surface area (Å²) in [5.74, 6) is 5.64. The third-order valence-electron chi connectivity index (χ3n) is 4.41. The Morgan fingerprint density at radius 3 is 2.50 bits per heavy atom. The van der Waals surface area contributed by atoms with Crippen molar-refractivity contribution in [3.63, 3.8) is 0 Å². The lowest BCUT2D eigenvalue weighted by Crippen LogP contribution is -2.22. The minimum atomic E-state index is 0.116. The topological polar surface area (TPSA) is 118 Å². The van der Waals surface area contributed by atoms with Gasteiger partial charge >= 0.3 is 0 Å². The number of hydrogen-bond acceptors (Lipinski definition) is 5. The SMILES string of the molecule is CC(C)(C)c1ccc(-c2[nH]c3nccnc3c2CC/C(N)=N/NN)cc1. The van der Waals surface area contributed by atoms with E-state index in [-0.39, 0.29) is 5.41 Å². The van der Waals surface area contributed by atoms with Crippen LogP contribution in [0.4, 0.5) is 0 Å². The number of hydrogen-bond donors (Lipinski definition) is 4. The number of hydrazone groups is 1. The van der Waals surface area contributed by atoms with Crippen LogP contribution in [-0.4, -0.2) is 20.8 Å². The Balaban J connectivity index is 2.02. The van der Waals surface area contributed by atoms with E-state index in [4.69, 9.17) is 11.6 Å². The van der Waals surface area contributed by atoms with Crippen LogP contribution in [0.25, 0.3) is 22.4 Å². The van der Waals surface area contributed by atoms with Gasteiger partial charge in [-0.25, -0.2) is 16.4 Å². The Morgan fingerprint density at radius 2 is 1.85 bits per heavy atom. The van der Waals surface area contributed by atoms with E-state index < -0.39 is 0 Å². The lowest BCUT2D eigenvalue weighted by atomic mass is 9.86. The molecular weight excluding hydrogens is 326 g/mol. The molecule has 26 heavy (non-hydrogen) atoms. The lowest BCUT2D eigenvalue weighted by Gasteiger charge is -2.19. The molecule has 3 rings (SSSR count). The van der Waals surface area contributed by atoms with Gasteiger partial charge in [0.2, 0.25) is 0 Å². The van der Waals surface area contributed by atoms with Crippen molar-refractivity contribution in [3.8, 4) is 11.3 Å². The second kappa shape index (κ2) is 7.13. The van der Waals surface area contributed by atoms with Gasteiger partial charge in [0.05, 0.1) is 5.69 Å². The minimum Gasteiger partial charge on any atom is -0.386 e. The first-order chi connectivity index (χ1) is 12.4. The number of nitrogens with two attached hydrogens (primary N) is 2. The molecule has 0 aliphatic rings. The van der Waals surface area contributed by atoms with Gasteiger partial charge in [0.15, 0.2) is 5.65 Å². The molecule has 2 heterocycles. The number of aromatic nitrogens is 3. The molecule has 0 saturated carbocycles. The minimum absolute atomic E-state index is 0.116. The number of aryl methyl sites for hydroxylation is 1. The number of fused-ring (bicyclic) bond motifs is 1. The van der Waals surface area contributed by atoms with E-state index in [1.165, 1.54) is 5.56 Å². The van der Waals surface area contributed by atoms with E-state index >= 15 is 0 Å². The van der Waals surface area contributed by atoms with E-state index in [0.717, 1.165) is 28.0 Å². The van der Waals surface area contributed by atoms with Gasteiger partial charge in [0.1, 0.15) is 11.4 Å². The zero-order valence-corrected chi connectivity index (χ0v) is 15.4. The molecule has 0 aliphatic heterocycles. The van der Waals surface area contributed by atoms with Crippen LogP contribution in [0.15, 0.2) is 41.8 Å². The van der Waals surface area contributed by atoms with Crippen molar-refractivity contribution in [2.75, 3.05) is 0 Å². The highest BCUT2D eigenvalue weighted by atomic mass is 15.5. The molecule has 7 heteroatoms. The Hall–Kier alpha value is -2.93. The predicted molar refractivity (Wildman–Crippen MR) is 105 cm³/mol. The van der Waals surface area contributed by atoms with Crippen LogP contribution in [0.2, 0.25) is 0 Å². The largest absolute Gasteiger partial charge is 0.386 e. The van der Waals surface area contributed by atoms with Gasteiger partial charge in [-0.15, -0.1) is 0 Å². The van der Waals surface area contributed by atoms with Crippen molar-refractivity contribution in [1.29, 1.82) is 0 Å². The first kappa shape index (κ1) is 17.9. The van der Waals surface area contributed by atoms with Crippen LogP contribution in [0, 0.1) is 0 Å².